The van der Waals surface area contributed by atoms with Crippen molar-refractivity contribution < 1.29 is 9.53 Å². The Bertz CT molecular complexity index is 695. The fraction of sp³-hybridized carbons (Fsp3) is 0.353. The zero-order valence-corrected chi connectivity index (χ0v) is 13.2. The lowest BCUT2D eigenvalue weighted by molar-refractivity contribution is -0.120. The number of methoxy groups -OCH3 is 1. The van der Waals surface area contributed by atoms with Crippen molar-refractivity contribution in [1.29, 1.82) is 0 Å². The van der Waals surface area contributed by atoms with Gasteiger partial charge in [0, 0.05) is 4.88 Å². The van der Waals surface area contributed by atoms with E-state index < -0.39 is 0 Å². The van der Waals surface area contributed by atoms with Gasteiger partial charge in [-0.15, -0.1) is 11.3 Å². The molecule has 1 saturated heterocycles. The Labute approximate surface area is 133 Å². The fourth-order valence-corrected chi connectivity index (χ4v) is 4.51. The summed E-state index contributed by atoms with van der Waals surface area (Å²) in [6.45, 7) is 0.964. The normalized spacial score (nSPS) is 24.3. The maximum Gasteiger partial charge on any atom is 0.241 e. The molecular formula is C17H18N2O2S. The molecule has 114 valence electrons. The summed E-state index contributed by atoms with van der Waals surface area (Å²) in [4.78, 5) is 16.0. The summed E-state index contributed by atoms with van der Waals surface area (Å²) in [6, 6.07) is 10.3. The van der Waals surface area contributed by atoms with Crippen molar-refractivity contribution in [3.63, 3.8) is 0 Å². The summed E-state index contributed by atoms with van der Waals surface area (Å²) < 4.78 is 5.26. The third-order valence-electron chi connectivity index (χ3n) is 4.56. The van der Waals surface area contributed by atoms with Crippen LogP contribution in [-0.2, 0) is 4.79 Å². The first-order valence-corrected chi connectivity index (χ1v) is 8.44. The van der Waals surface area contributed by atoms with Gasteiger partial charge in [-0.1, -0.05) is 12.1 Å². The minimum atomic E-state index is -0.0216. The van der Waals surface area contributed by atoms with Gasteiger partial charge in [0.1, 0.15) is 5.75 Å². The molecule has 3 heterocycles. The molecule has 0 saturated carbocycles. The van der Waals surface area contributed by atoms with Gasteiger partial charge in [0.15, 0.2) is 0 Å². The van der Waals surface area contributed by atoms with Gasteiger partial charge in [-0.2, -0.15) is 0 Å². The Morgan fingerprint density at radius 3 is 2.86 bits per heavy atom. The number of hydrogen-bond acceptors (Lipinski definition) is 4. The maximum atomic E-state index is 12.5. The van der Waals surface area contributed by atoms with Crippen LogP contribution in [-0.4, -0.2) is 30.5 Å². The van der Waals surface area contributed by atoms with Gasteiger partial charge in [-0.05, 0) is 48.5 Å². The monoisotopic (exact) mass is 314 g/mol. The Balaban J connectivity index is 1.81. The molecular weight excluding hydrogens is 296 g/mol. The largest absolute Gasteiger partial charge is 0.497 e. The number of amides is 1. The van der Waals surface area contributed by atoms with Crippen molar-refractivity contribution in [2.75, 3.05) is 19.0 Å². The maximum absolute atomic E-state index is 12.5. The second-order valence-electron chi connectivity index (χ2n) is 5.76. The minimum absolute atomic E-state index is 0.0216. The highest BCUT2D eigenvalue weighted by molar-refractivity contribution is 7.10. The number of benzene rings is 1. The van der Waals surface area contributed by atoms with Gasteiger partial charge >= 0.3 is 0 Å². The lowest BCUT2D eigenvalue weighted by atomic mass is 10.0. The zero-order chi connectivity index (χ0) is 15.1. The molecule has 0 aliphatic carbocycles. The average Bonchev–Trinajstić information content (AvgIpc) is 3.17. The molecule has 0 unspecified atom stereocenters. The number of thiophene rings is 1. The lowest BCUT2D eigenvalue weighted by Crippen LogP contribution is -2.39. The van der Waals surface area contributed by atoms with Gasteiger partial charge in [-0.25, -0.2) is 0 Å². The van der Waals surface area contributed by atoms with Crippen LogP contribution in [0, 0.1) is 0 Å². The van der Waals surface area contributed by atoms with Crippen molar-refractivity contribution in [3.8, 4) is 5.75 Å². The van der Waals surface area contributed by atoms with Gasteiger partial charge < -0.3 is 10.1 Å². The molecule has 2 aliphatic heterocycles. The van der Waals surface area contributed by atoms with Gasteiger partial charge in [0.2, 0.25) is 5.91 Å². The third kappa shape index (κ3) is 2.12. The summed E-state index contributed by atoms with van der Waals surface area (Å²) in [7, 11) is 1.68. The van der Waals surface area contributed by atoms with Crippen molar-refractivity contribution in [2.45, 2.75) is 24.9 Å². The van der Waals surface area contributed by atoms with Crippen LogP contribution in [0.2, 0.25) is 0 Å². The highest BCUT2D eigenvalue weighted by atomic mass is 32.1. The SMILES string of the molecule is COc1ccc([C@H]2c3sccc3NC(=O)[C@@H]3CCCN23)cc1. The molecule has 2 atom stereocenters. The van der Waals surface area contributed by atoms with Crippen LogP contribution < -0.4 is 10.1 Å². The fourth-order valence-electron chi connectivity index (χ4n) is 3.51. The molecule has 2 aromatic rings. The van der Waals surface area contributed by atoms with Crippen LogP contribution in [0.15, 0.2) is 35.7 Å². The van der Waals surface area contributed by atoms with E-state index in [1.54, 1.807) is 18.4 Å². The van der Waals surface area contributed by atoms with Crippen LogP contribution in [0.1, 0.15) is 29.3 Å². The Morgan fingerprint density at radius 2 is 2.09 bits per heavy atom. The minimum Gasteiger partial charge on any atom is -0.497 e. The first-order chi connectivity index (χ1) is 10.8. The molecule has 4 rings (SSSR count). The molecule has 2 aliphatic rings. The Hall–Kier alpha value is -1.85. The molecule has 0 bridgehead atoms. The van der Waals surface area contributed by atoms with Crippen LogP contribution in [0.3, 0.4) is 0 Å². The van der Waals surface area contributed by atoms with Gasteiger partial charge in [0.05, 0.1) is 24.9 Å². The number of anilines is 1. The Morgan fingerprint density at radius 1 is 1.27 bits per heavy atom. The quantitative estimate of drug-likeness (QED) is 0.925. The molecule has 1 amide bonds. The van der Waals surface area contributed by atoms with Gasteiger partial charge in [0.25, 0.3) is 0 Å². The van der Waals surface area contributed by atoms with E-state index in [2.05, 4.69) is 27.7 Å². The Kier molecular flexibility index (Phi) is 3.39. The van der Waals surface area contributed by atoms with Crippen molar-refractivity contribution in [2.24, 2.45) is 0 Å². The standard InChI is InChI=1S/C17H18N2O2S/c1-21-12-6-4-11(5-7-12)15-16-13(8-10-22-16)18-17(20)14-3-2-9-19(14)15/h4-8,10,14-15H,2-3,9H2,1H3,(H,18,20)/t14-,15-/m0/s1. The van der Waals surface area contributed by atoms with E-state index in [0.717, 1.165) is 30.8 Å². The third-order valence-corrected chi connectivity index (χ3v) is 5.53. The molecule has 1 aromatic heterocycles. The van der Waals surface area contributed by atoms with E-state index in [9.17, 15) is 4.79 Å². The van der Waals surface area contributed by atoms with Crippen LogP contribution in [0.4, 0.5) is 5.69 Å². The lowest BCUT2D eigenvalue weighted by Gasteiger charge is -2.29. The van der Waals surface area contributed by atoms with E-state index in [4.69, 9.17) is 4.74 Å². The molecule has 1 N–H and O–H groups in total. The van der Waals surface area contributed by atoms with Crippen LogP contribution >= 0.6 is 11.3 Å². The molecule has 1 fully saturated rings. The highest BCUT2D eigenvalue weighted by Gasteiger charge is 2.40. The molecule has 4 nitrogen and oxygen atoms in total. The smallest absolute Gasteiger partial charge is 0.241 e. The second kappa shape index (κ2) is 5.41. The average molecular weight is 314 g/mol. The van der Waals surface area contributed by atoms with E-state index in [-0.39, 0.29) is 18.0 Å². The second-order valence-corrected chi connectivity index (χ2v) is 6.71. The number of hydrogen-bond donors (Lipinski definition) is 1. The van der Waals surface area contributed by atoms with Crippen molar-refractivity contribution >= 4 is 22.9 Å². The van der Waals surface area contributed by atoms with Crippen LogP contribution in [0.25, 0.3) is 0 Å². The number of ether oxygens (including phenoxy) is 1. The summed E-state index contributed by atoms with van der Waals surface area (Å²) in [5.74, 6) is 0.990. The van der Waals surface area contributed by atoms with Gasteiger partial charge in [-0.3, -0.25) is 9.69 Å². The number of fused-ring (bicyclic) bond motifs is 2. The molecule has 5 heteroatoms. The zero-order valence-electron chi connectivity index (χ0n) is 12.4. The van der Waals surface area contributed by atoms with Crippen molar-refractivity contribution in [1.82, 2.24) is 4.90 Å². The predicted octanol–water partition coefficient (Wildman–Crippen LogP) is 3.26. The molecule has 1 aromatic carbocycles. The number of rotatable bonds is 2. The summed E-state index contributed by atoms with van der Waals surface area (Å²) in [6.07, 6.45) is 2.01. The number of carbonyl (C=O) groups is 1. The van der Waals surface area contributed by atoms with E-state index in [1.165, 1.54) is 10.4 Å². The van der Waals surface area contributed by atoms with E-state index in [0.29, 0.717) is 0 Å². The van der Waals surface area contributed by atoms with Crippen LogP contribution in [0.5, 0.6) is 5.75 Å². The van der Waals surface area contributed by atoms with E-state index >= 15 is 0 Å². The summed E-state index contributed by atoms with van der Waals surface area (Å²) in [5.41, 5.74) is 2.18. The predicted molar refractivity (Wildman–Crippen MR) is 87.5 cm³/mol. The number of carbonyl (C=O) groups excluding carboxylic acids is 1. The first kappa shape index (κ1) is 13.8. The van der Waals surface area contributed by atoms with Crippen molar-refractivity contribution in [3.05, 3.63) is 46.2 Å². The highest BCUT2D eigenvalue weighted by Crippen LogP contribution is 2.43. The molecule has 22 heavy (non-hydrogen) atoms. The topological polar surface area (TPSA) is 41.6 Å². The molecule has 0 radical (unpaired) electrons. The van der Waals surface area contributed by atoms with E-state index in [1.807, 2.05) is 18.2 Å². The number of nitrogens with one attached hydrogen (secondary N) is 1. The number of nitrogens with zero attached hydrogens (tertiary/aromatic N) is 1. The first-order valence-electron chi connectivity index (χ1n) is 7.56. The molecule has 0 spiro atoms. The summed E-state index contributed by atoms with van der Waals surface area (Å²) in [5, 5.41) is 5.15. The summed E-state index contributed by atoms with van der Waals surface area (Å²) >= 11 is 1.71.